The molecule has 1 aliphatic rings. The SMILES string of the molecule is COc1ccc(Cc2cccc3nc(NCc4ccc(CN5CCCC5)s4)c([N+](=O)[O-])c(N)c23)cc1. The smallest absolute Gasteiger partial charge is 0.334 e. The lowest BCUT2D eigenvalue weighted by molar-refractivity contribution is -0.383. The zero-order valence-electron chi connectivity index (χ0n) is 20.2. The summed E-state index contributed by atoms with van der Waals surface area (Å²) in [5.41, 5.74) is 8.97. The summed E-state index contributed by atoms with van der Waals surface area (Å²) in [5.74, 6) is 0.971. The summed E-state index contributed by atoms with van der Waals surface area (Å²) in [6, 6.07) is 17.7. The molecule has 2 aromatic carbocycles. The van der Waals surface area contributed by atoms with Gasteiger partial charge in [-0.3, -0.25) is 15.0 Å². The van der Waals surface area contributed by atoms with E-state index in [-0.39, 0.29) is 17.2 Å². The highest BCUT2D eigenvalue weighted by Crippen LogP contribution is 2.38. The summed E-state index contributed by atoms with van der Waals surface area (Å²) in [5, 5.41) is 15.9. The minimum absolute atomic E-state index is 0.137. The van der Waals surface area contributed by atoms with Crippen LogP contribution >= 0.6 is 11.3 Å². The van der Waals surface area contributed by atoms with Crippen LogP contribution < -0.4 is 15.8 Å². The lowest BCUT2D eigenvalue weighted by atomic mass is 9.99. The molecule has 0 spiro atoms. The van der Waals surface area contributed by atoms with E-state index in [1.807, 2.05) is 42.5 Å². The van der Waals surface area contributed by atoms with Crippen LogP contribution in [0, 0.1) is 10.1 Å². The van der Waals surface area contributed by atoms with Crippen LogP contribution in [0.4, 0.5) is 17.2 Å². The van der Waals surface area contributed by atoms with E-state index in [0.717, 1.165) is 41.4 Å². The van der Waals surface area contributed by atoms with Gasteiger partial charge in [-0.1, -0.05) is 24.3 Å². The largest absolute Gasteiger partial charge is 0.497 e. The molecule has 0 aliphatic carbocycles. The van der Waals surface area contributed by atoms with Crippen LogP contribution in [0.2, 0.25) is 0 Å². The third-order valence-corrected chi connectivity index (χ3v) is 7.64. The molecule has 9 heteroatoms. The molecule has 1 aliphatic heterocycles. The average molecular weight is 504 g/mol. The number of nitrogen functional groups attached to an aromatic ring is 1. The van der Waals surface area contributed by atoms with Gasteiger partial charge in [0, 0.05) is 21.7 Å². The van der Waals surface area contributed by atoms with Gasteiger partial charge in [0.05, 0.1) is 24.1 Å². The van der Waals surface area contributed by atoms with Crippen LogP contribution in [-0.2, 0) is 19.5 Å². The van der Waals surface area contributed by atoms with Crippen LogP contribution in [0.15, 0.2) is 54.6 Å². The number of hydrogen-bond donors (Lipinski definition) is 2. The Kier molecular flexibility index (Phi) is 7.02. The molecular formula is C27H29N5O3S. The van der Waals surface area contributed by atoms with E-state index in [9.17, 15) is 10.1 Å². The van der Waals surface area contributed by atoms with Crippen molar-refractivity contribution in [2.24, 2.45) is 0 Å². The number of fused-ring (bicyclic) bond motifs is 1. The first kappa shape index (κ1) is 24.0. The molecule has 4 aromatic rings. The van der Waals surface area contributed by atoms with Gasteiger partial charge < -0.3 is 15.8 Å². The van der Waals surface area contributed by atoms with Gasteiger partial charge in [-0.2, -0.15) is 0 Å². The fourth-order valence-corrected chi connectivity index (χ4v) is 5.76. The number of hydrogen-bond acceptors (Lipinski definition) is 8. The first-order chi connectivity index (χ1) is 17.5. The Morgan fingerprint density at radius 3 is 2.58 bits per heavy atom. The number of pyridine rings is 1. The second-order valence-electron chi connectivity index (χ2n) is 9.02. The molecule has 8 nitrogen and oxygen atoms in total. The van der Waals surface area contributed by atoms with E-state index in [4.69, 9.17) is 10.5 Å². The topological polar surface area (TPSA) is 107 Å². The Labute approximate surface area is 213 Å². The minimum atomic E-state index is -0.443. The molecule has 186 valence electrons. The van der Waals surface area contributed by atoms with E-state index < -0.39 is 4.92 Å². The second kappa shape index (κ2) is 10.5. The van der Waals surface area contributed by atoms with E-state index in [0.29, 0.717) is 23.9 Å². The van der Waals surface area contributed by atoms with Crippen molar-refractivity contribution in [1.29, 1.82) is 0 Å². The van der Waals surface area contributed by atoms with Gasteiger partial charge in [0.1, 0.15) is 11.4 Å². The van der Waals surface area contributed by atoms with Gasteiger partial charge in [0.2, 0.25) is 5.82 Å². The molecule has 5 rings (SSSR count). The monoisotopic (exact) mass is 503 g/mol. The highest BCUT2D eigenvalue weighted by Gasteiger charge is 2.25. The van der Waals surface area contributed by atoms with Crippen LogP contribution in [0.1, 0.15) is 33.7 Å². The molecule has 0 amide bonds. The lowest BCUT2D eigenvalue weighted by Gasteiger charge is -2.13. The lowest BCUT2D eigenvalue weighted by Crippen LogP contribution is -2.17. The Morgan fingerprint density at radius 2 is 1.86 bits per heavy atom. The Morgan fingerprint density at radius 1 is 1.11 bits per heavy atom. The molecule has 0 radical (unpaired) electrons. The summed E-state index contributed by atoms with van der Waals surface area (Å²) in [4.78, 5) is 21.1. The highest BCUT2D eigenvalue weighted by molar-refractivity contribution is 7.12. The number of likely N-dealkylation sites (tertiary alicyclic amines) is 1. The molecular weight excluding hydrogens is 474 g/mol. The van der Waals surface area contributed by atoms with Crippen LogP contribution in [0.3, 0.4) is 0 Å². The fraction of sp³-hybridized carbons (Fsp3) is 0.296. The van der Waals surface area contributed by atoms with Crippen molar-refractivity contribution in [2.45, 2.75) is 32.4 Å². The van der Waals surface area contributed by atoms with Gasteiger partial charge in [-0.15, -0.1) is 11.3 Å². The van der Waals surface area contributed by atoms with Crippen LogP contribution in [0.25, 0.3) is 10.9 Å². The summed E-state index contributed by atoms with van der Waals surface area (Å²) in [6.45, 7) is 3.72. The molecule has 0 bridgehead atoms. The highest BCUT2D eigenvalue weighted by atomic mass is 32.1. The van der Waals surface area contributed by atoms with Crippen molar-refractivity contribution < 1.29 is 9.66 Å². The maximum atomic E-state index is 12.1. The average Bonchev–Trinajstić information content (AvgIpc) is 3.55. The number of ether oxygens (including phenoxy) is 1. The summed E-state index contributed by atoms with van der Waals surface area (Å²) in [7, 11) is 1.63. The quantitative estimate of drug-likeness (QED) is 0.226. The molecule has 36 heavy (non-hydrogen) atoms. The van der Waals surface area contributed by atoms with Crippen molar-refractivity contribution in [3.05, 3.63) is 85.6 Å². The molecule has 1 fully saturated rings. The third-order valence-electron chi connectivity index (χ3n) is 6.57. The number of thiophene rings is 1. The van der Waals surface area contributed by atoms with Crippen molar-refractivity contribution in [2.75, 3.05) is 31.2 Å². The standard InChI is InChI=1S/C27H29N5O3S/c1-35-20-9-7-18(8-10-20)15-19-5-4-6-23-24(19)25(28)26(32(33)34)27(30-23)29-16-21-11-12-22(36-21)17-31-13-2-3-14-31/h4-12H,2-3,13-17H2,1H3,(H3,28,29,30). The van der Waals surface area contributed by atoms with Crippen molar-refractivity contribution in [3.63, 3.8) is 0 Å². The number of nitrogens with one attached hydrogen (secondary N) is 1. The van der Waals surface area contributed by atoms with E-state index in [1.165, 1.54) is 17.7 Å². The number of aromatic nitrogens is 1. The Hall–Kier alpha value is -3.69. The molecule has 3 N–H and O–H groups in total. The first-order valence-electron chi connectivity index (χ1n) is 12.0. The fourth-order valence-electron chi connectivity index (χ4n) is 4.76. The van der Waals surface area contributed by atoms with Crippen molar-refractivity contribution in [3.8, 4) is 5.75 Å². The summed E-state index contributed by atoms with van der Waals surface area (Å²) >= 11 is 1.73. The Balaban J connectivity index is 1.40. The molecule has 0 saturated carbocycles. The number of nitro groups is 1. The summed E-state index contributed by atoms with van der Waals surface area (Å²) < 4.78 is 5.24. The van der Waals surface area contributed by atoms with Gasteiger partial charge >= 0.3 is 5.69 Å². The minimum Gasteiger partial charge on any atom is -0.497 e. The number of anilines is 2. The van der Waals surface area contributed by atoms with Crippen LogP contribution in [0.5, 0.6) is 5.75 Å². The molecule has 0 unspecified atom stereocenters. The maximum Gasteiger partial charge on any atom is 0.334 e. The number of benzene rings is 2. The van der Waals surface area contributed by atoms with Gasteiger partial charge in [-0.25, -0.2) is 4.98 Å². The van der Waals surface area contributed by atoms with E-state index in [1.54, 1.807) is 18.4 Å². The van der Waals surface area contributed by atoms with Crippen molar-refractivity contribution >= 4 is 39.4 Å². The molecule has 3 heterocycles. The Bertz CT molecular complexity index is 1380. The predicted octanol–water partition coefficient (Wildman–Crippen LogP) is 5.59. The van der Waals surface area contributed by atoms with Gasteiger partial charge in [-0.05, 0) is 73.8 Å². The van der Waals surface area contributed by atoms with E-state index >= 15 is 0 Å². The second-order valence-corrected chi connectivity index (χ2v) is 10.3. The zero-order valence-corrected chi connectivity index (χ0v) is 21.0. The number of nitrogens with zero attached hydrogens (tertiary/aromatic N) is 3. The molecule has 0 atom stereocenters. The zero-order chi connectivity index (χ0) is 25.1. The van der Waals surface area contributed by atoms with Gasteiger partial charge in [0.15, 0.2) is 0 Å². The number of methoxy groups -OCH3 is 1. The molecule has 2 aromatic heterocycles. The van der Waals surface area contributed by atoms with E-state index in [2.05, 4.69) is 27.3 Å². The van der Waals surface area contributed by atoms with Crippen molar-refractivity contribution in [1.82, 2.24) is 9.88 Å². The van der Waals surface area contributed by atoms with Crippen LogP contribution in [-0.4, -0.2) is 35.0 Å². The predicted molar refractivity (Wildman–Crippen MR) is 145 cm³/mol. The first-order valence-corrected chi connectivity index (χ1v) is 12.9. The maximum absolute atomic E-state index is 12.1. The third kappa shape index (κ3) is 5.12. The number of rotatable bonds is 9. The van der Waals surface area contributed by atoms with Gasteiger partial charge in [0.25, 0.3) is 0 Å². The summed E-state index contributed by atoms with van der Waals surface area (Å²) in [6.07, 6.45) is 3.10. The molecule has 1 saturated heterocycles. The normalized spacial score (nSPS) is 13.8. The number of nitrogens with two attached hydrogens (primary N) is 1.